The second-order valence-electron chi connectivity index (χ2n) is 11.0. The Morgan fingerprint density at radius 2 is 1.12 bits per heavy atom. The molecule has 4 N–H and O–H groups in total. The van der Waals surface area contributed by atoms with Gasteiger partial charge in [0.05, 0.1) is 25.5 Å². The van der Waals surface area contributed by atoms with Crippen molar-refractivity contribution in [3.05, 3.63) is 88.7 Å². The van der Waals surface area contributed by atoms with Crippen LogP contribution >= 0.6 is 0 Å². The summed E-state index contributed by atoms with van der Waals surface area (Å²) >= 11 is 0. The van der Waals surface area contributed by atoms with Gasteiger partial charge < -0.3 is 29.4 Å². The summed E-state index contributed by atoms with van der Waals surface area (Å²) in [5.74, 6) is -0.680. The van der Waals surface area contributed by atoms with E-state index in [-0.39, 0.29) is 12.4 Å². The van der Waals surface area contributed by atoms with Gasteiger partial charge in [0, 0.05) is 44.9 Å². The number of aromatic nitrogens is 4. The van der Waals surface area contributed by atoms with Crippen molar-refractivity contribution in [2.24, 2.45) is 0 Å². The maximum absolute atomic E-state index is 13.1. The Morgan fingerprint density at radius 1 is 0.595 bits per heavy atom. The molecule has 8 heteroatoms. The maximum Gasteiger partial charge on any atom is 0.340 e. The summed E-state index contributed by atoms with van der Waals surface area (Å²) in [6.45, 7) is 12.6. The highest BCUT2D eigenvalue weighted by molar-refractivity contribution is 5.96. The molecule has 0 atom stereocenters. The predicted octanol–water partition coefficient (Wildman–Crippen LogP) is 2.88. The number of rotatable bonds is 6. The maximum atomic E-state index is 13.1. The van der Waals surface area contributed by atoms with Gasteiger partial charge in [0.2, 0.25) is 0 Å². The van der Waals surface area contributed by atoms with Crippen molar-refractivity contribution in [1.29, 1.82) is 0 Å². The van der Waals surface area contributed by atoms with Gasteiger partial charge in [0.25, 0.3) is 0 Å². The van der Waals surface area contributed by atoms with Gasteiger partial charge >= 0.3 is 11.9 Å². The van der Waals surface area contributed by atoms with Crippen LogP contribution in [0.25, 0.3) is 24.3 Å². The minimum Gasteiger partial charge on any atom is -0.469 e. The van der Waals surface area contributed by atoms with Crippen molar-refractivity contribution in [1.82, 2.24) is 19.9 Å². The third-order valence-corrected chi connectivity index (χ3v) is 8.73. The Balaban J connectivity index is 1.93. The molecule has 0 aliphatic carbocycles. The van der Waals surface area contributed by atoms with Gasteiger partial charge in [-0.25, -0.2) is 4.79 Å². The van der Waals surface area contributed by atoms with E-state index in [2.05, 4.69) is 72.8 Å². The molecule has 1 aliphatic rings. The number of carbonyl (C=O) groups is 2. The molecular weight excluding hydrogens is 528 g/mol. The summed E-state index contributed by atoms with van der Waals surface area (Å²) in [6.07, 6.45) is 10.9. The van der Waals surface area contributed by atoms with E-state index < -0.39 is 5.97 Å². The molecule has 0 spiro atoms. The molecule has 5 heterocycles. The van der Waals surface area contributed by atoms with Crippen LogP contribution in [0.2, 0.25) is 0 Å². The number of ether oxygens (including phenoxy) is 2. The molecule has 0 saturated carbocycles. The van der Waals surface area contributed by atoms with Crippen LogP contribution in [0, 0.1) is 27.7 Å². The fraction of sp³-hybridized carbons (Fsp3) is 0.353. The number of methoxy groups -OCH3 is 2. The lowest BCUT2D eigenvalue weighted by Gasteiger charge is -2.02. The molecule has 0 radical (unpaired) electrons. The second-order valence-corrected chi connectivity index (χ2v) is 11.0. The molecular formula is C34H40N4O4. The van der Waals surface area contributed by atoms with Crippen molar-refractivity contribution >= 4 is 36.2 Å². The van der Waals surface area contributed by atoms with Crippen molar-refractivity contribution in [2.45, 2.75) is 67.2 Å². The third kappa shape index (κ3) is 4.95. The van der Waals surface area contributed by atoms with Crippen LogP contribution in [0.5, 0.6) is 0 Å². The first kappa shape index (κ1) is 29.0. The van der Waals surface area contributed by atoms with Gasteiger partial charge in [-0.2, -0.15) is 0 Å². The lowest BCUT2D eigenvalue weighted by molar-refractivity contribution is -0.140. The fourth-order valence-corrected chi connectivity index (χ4v) is 6.23. The number of esters is 2. The normalized spacial score (nSPS) is 12.2. The van der Waals surface area contributed by atoms with E-state index in [0.717, 1.165) is 68.0 Å². The number of hydrogen-bond donors (Lipinski definition) is 4. The number of fused-ring (bicyclic) bond motifs is 8. The summed E-state index contributed by atoms with van der Waals surface area (Å²) < 4.78 is 10.1. The summed E-state index contributed by atoms with van der Waals surface area (Å²) in [4.78, 5) is 39.6. The monoisotopic (exact) mass is 568 g/mol. The molecule has 220 valence electrons. The highest BCUT2D eigenvalue weighted by Gasteiger charge is 2.21. The molecule has 4 aromatic heterocycles. The molecule has 8 nitrogen and oxygen atoms in total. The molecule has 0 amide bonds. The van der Waals surface area contributed by atoms with Crippen LogP contribution in [0.4, 0.5) is 0 Å². The Labute approximate surface area is 245 Å². The van der Waals surface area contributed by atoms with Gasteiger partial charge in [-0.05, 0) is 110 Å². The smallest absolute Gasteiger partial charge is 0.340 e. The highest BCUT2D eigenvalue weighted by atomic mass is 16.5. The Hall–Kier alpha value is -4.46. The first-order valence-corrected chi connectivity index (χ1v) is 14.5. The molecule has 0 saturated heterocycles. The van der Waals surface area contributed by atoms with E-state index in [9.17, 15) is 9.59 Å². The first-order chi connectivity index (χ1) is 20.1. The number of H-pyrrole nitrogens is 4. The molecule has 4 aromatic rings. The van der Waals surface area contributed by atoms with Crippen LogP contribution in [0.15, 0.2) is 0 Å². The van der Waals surface area contributed by atoms with Gasteiger partial charge in [-0.15, -0.1) is 0 Å². The average Bonchev–Trinajstić information content (AvgIpc) is 3.64. The fourth-order valence-electron chi connectivity index (χ4n) is 6.23. The van der Waals surface area contributed by atoms with Gasteiger partial charge in [0.1, 0.15) is 0 Å². The highest BCUT2D eigenvalue weighted by Crippen LogP contribution is 2.23. The number of hydrogen-bond acceptors (Lipinski definition) is 4. The van der Waals surface area contributed by atoms with E-state index in [1.807, 2.05) is 13.0 Å². The van der Waals surface area contributed by atoms with Gasteiger partial charge in [-0.3, -0.25) is 4.79 Å². The van der Waals surface area contributed by atoms with Gasteiger partial charge in [0.15, 0.2) is 0 Å². The Morgan fingerprint density at radius 3 is 1.74 bits per heavy atom. The minimum absolute atomic E-state index is 0.247. The molecule has 1 aliphatic heterocycles. The van der Waals surface area contributed by atoms with E-state index in [4.69, 9.17) is 9.47 Å². The molecule has 0 unspecified atom stereocenters. The topological polar surface area (TPSA) is 116 Å². The van der Waals surface area contributed by atoms with Crippen molar-refractivity contribution in [3.63, 3.8) is 0 Å². The third-order valence-electron chi connectivity index (χ3n) is 8.73. The molecule has 0 fully saturated rings. The van der Waals surface area contributed by atoms with Crippen LogP contribution in [0.1, 0.15) is 92.3 Å². The summed E-state index contributed by atoms with van der Waals surface area (Å²) in [5.41, 5.74) is 11.8. The van der Waals surface area contributed by atoms with Crippen LogP contribution in [-0.4, -0.2) is 46.1 Å². The summed E-state index contributed by atoms with van der Waals surface area (Å²) in [6, 6.07) is 0. The van der Waals surface area contributed by atoms with Crippen LogP contribution < -0.4 is 21.4 Å². The average molecular weight is 569 g/mol. The zero-order chi connectivity index (χ0) is 30.3. The molecule has 0 aromatic carbocycles. The minimum atomic E-state index is -0.410. The molecule has 42 heavy (non-hydrogen) atoms. The zero-order valence-corrected chi connectivity index (χ0v) is 25.8. The largest absolute Gasteiger partial charge is 0.469 e. The Kier molecular flexibility index (Phi) is 7.91. The van der Waals surface area contributed by atoms with Gasteiger partial charge in [-0.1, -0.05) is 13.8 Å². The lowest BCUT2D eigenvalue weighted by Crippen LogP contribution is -2.14. The number of carbonyl (C=O) groups excluding carboxylic acids is 2. The van der Waals surface area contributed by atoms with E-state index in [0.29, 0.717) is 17.7 Å². The second kappa shape index (κ2) is 11.4. The first-order valence-electron chi connectivity index (χ1n) is 14.5. The van der Waals surface area contributed by atoms with E-state index >= 15 is 0 Å². The van der Waals surface area contributed by atoms with E-state index in [1.165, 1.54) is 36.5 Å². The van der Waals surface area contributed by atoms with Crippen molar-refractivity contribution in [2.75, 3.05) is 14.2 Å². The lowest BCUT2D eigenvalue weighted by atomic mass is 10.0. The van der Waals surface area contributed by atoms with Crippen LogP contribution in [0.3, 0.4) is 0 Å². The zero-order valence-electron chi connectivity index (χ0n) is 25.8. The SMILES string of the molecule is CCc1c2[nH]c(c1C)C=c1[nH]c(c(CCC(=O)OC)c1C)=Cc1[nH]c(c(C)c1C(=O)OC)C=c1[nH]c(c(C)c1CC)=C2. The molecule has 8 bridgehead atoms. The van der Waals surface area contributed by atoms with Crippen LogP contribution in [-0.2, 0) is 33.5 Å². The van der Waals surface area contributed by atoms with Crippen molar-refractivity contribution < 1.29 is 19.1 Å². The standard InChI is InChI=1S/C34H40N4O4/c1-9-21-17(3)24-13-25-19(5)23(11-12-32(39)41-7)30(37-25)16-31-33(34(40)42-8)20(6)27(38-31)15-29-22(10-2)18(4)26(36-29)14-28(21)35-24/h13-16,35-38H,9-12H2,1-8H3. The predicted molar refractivity (Wildman–Crippen MR) is 165 cm³/mol. The quantitative estimate of drug-likeness (QED) is 0.236. The summed E-state index contributed by atoms with van der Waals surface area (Å²) in [7, 11) is 2.80. The van der Waals surface area contributed by atoms with E-state index in [1.54, 1.807) is 0 Å². The molecule has 5 rings (SSSR count). The Bertz CT molecular complexity index is 1960. The van der Waals surface area contributed by atoms with Crippen molar-refractivity contribution in [3.8, 4) is 0 Å². The number of aromatic amines is 4. The number of nitrogens with one attached hydrogen (secondary N) is 4. The summed E-state index contributed by atoms with van der Waals surface area (Å²) in [5, 5.41) is 3.82.